The maximum Gasteiger partial charge on any atom is 0.435 e. The van der Waals surface area contributed by atoms with E-state index in [2.05, 4.69) is 10.5 Å². The highest BCUT2D eigenvalue weighted by Crippen LogP contribution is 2.50. The first-order valence-electron chi connectivity index (χ1n) is 9.55. The third-order valence-corrected chi connectivity index (χ3v) is 6.33. The number of hydrogen-bond acceptors (Lipinski definition) is 5. The van der Waals surface area contributed by atoms with Gasteiger partial charge < -0.3 is 14.9 Å². The summed E-state index contributed by atoms with van der Waals surface area (Å²) in [6.45, 7) is 7.22. The average molecular weight is 509 g/mol. The normalized spacial score (nSPS) is 18.8. The van der Waals surface area contributed by atoms with Crippen LogP contribution in [-0.2, 0) is 21.7 Å². The number of halogens is 5. The van der Waals surface area contributed by atoms with Gasteiger partial charge in [-0.1, -0.05) is 28.4 Å². The molecule has 1 aromatic heterocycles. The molecule has 5 nitrogen and oxygen atoms in total. The Bertz CT molecular complexity index is 1040. The molecule has 32 heavy (non-hydrogen) atoms. The largest absolute Gasteiger partial charge is 0.444 e. The van der Waals surface area contributed by atoms with Gasteiger partial charge in [0.15, 0.2) is 0 Å². The highest BCUT2D eigenvalue weighted by molar-refractivity contribution is 7.14. The zero-order valence-corrected chi connectivity index (χ0v) is 20.0. The molecule has 1 aliphatic heterocycles. The summed E-state index contributed by atoms with van der Waals surface area (Å²) >= 11 is 13.1. The van der Waals surface area contributed by atoms with Gasteiger partial charge in [0.2, 0.25) is 0 Å². The van der Waals surface area contributed by atoms with Crippen LogP contribution >= 0.6 is 34.5 Å². The zero-order chi connectivity index (χ0) is 23.9. The molecule has 2 heterocycles. The topological polar surface area (TPSA) is 59.9 Å². The van der Waals surface area contributed by atoms with Crippen LogP contribution in [0.15, 0.2) is 29.4 Å². The van der Waals surface area contributed by atoms with Crippen LogP contribution in [0, 0.1) is 6.92 Å². The molecule has 2 aromatic rings. The Kier molecular flexibility index (Phi) is 6.75. The molecule has 0 saturated heterocycles. The van der Waals surface area contributed by atoms with Gasteiger partial charge in [-0.3, -0.25) is 0 Å². The van der Waals surface area contributed by atoms with Gasteiger partial charge in [0.05, 0.1) is 17.8 Å². The molecule has 0 aliphatic carbocycles. The van der Waals surface area contributed by atoms with Crippen molar-refractivity contribution >= 4 is 46.3 Å². The molecule has 0 fully saturated rings. The highest BCUT2D eigenvalue weighted by atomic mass is 35.5. The van der Waals surface area contributed by atoms with Crippen molar-refractivity contribution in [1.29, 1.82) is 0 Å². The maximum atomic E-state index is 14.1. The van der Waals surface area contributed by atoms with Crippen LogP contribution in [0.3, 0.4) is 0 Å². The van der Waals surface area contributed by atoms with Crippen molar-refractivity contribution in [2.75, 3.05) is 0 Å². The Morgan fingerprint density at radius 3 is 2.41 bits per heavy atom. The Balaban J connectivity index is 1.82. The van der Waals surface area contributed by atoms with Crippen molar-refractivity contribution in [3.8, 4) is 0 Å². The van der Waals surface area contributed by atoms with Gasteiger partial charge >= 0.3 is 12.3 Å². The molecule has 0 bridgehead atoms. The first-order valence-corrected chi connectivity index (χ1v) is 11.1. The summed E-state index contributed by atoms with van der Waals surface area (Å²) in [6, 6.07) is 5.42. The minimum absolute atomic E-state index is 0.0654. The number of ether oxygens (including phenoxy) is 1. The van der Waals surface area contributed by atoms with Crippen LogP contribution in [0.4, 0.5) is 18.0 Å². The lowest BCUT2D eigenvalue weighted by molar-refractivity contribution is -0.275. The molecular weight excluding hydrogens is 488 g/mol. The average Bonchev–Trinajstić information content (AvgIpc) is 3.22. The van der Waals surface area contributed by atoms with Gasteiger partial charge in [-0.05, 0) is 57.5 Å². The fraction of sp³-hybridized carbons (Fsp3) is 0.429. The van der Waals surface area contributed by atoms with Crippen molar-refractivity contribution in [2.45, 2.75) is 58.0 Å². The molecule has 1 unspecified atom stereocenters. The van der Waals surface area contributed by atoms with Crippen LogP contribution in [0.25, 0.3) is 0 Å². The molecule has 1 amide bonds. The molecule has 1 aromatic carbocycles. The summed E-state index contributed by atoms with van der Waals surface area (Å²) in [5.41, 5.74) is -2.60. The fourth-order valence-electron chi connectivity index (χ4n) is 3.13. The summed E-state index contributed by atoms with van der Waals surface area (Å²) in [7, 11) is 0. The van der Waals surface area contributed by atoms with Crippen LogP contribution in [0.5, 0.6) is 0 Å². The van der Waals surface area contributed by atoms with Crippen molar-refractivity contribution in [3.63, 3.8) is 0 Å². The summed E-state index contributed by atoms with van der Waals surface area (Å²) < 4.78 is 47.6. The van der Waals surface area contributed by atoms with Crippen molar-refractivity contribution in [2.24, 2.45) is 5.16 Å². The molecule has 3 rings (SSSR count). The number of carbonyl (C=O) groups excluding carboxylic acids is 1. The van der Waals surface area contributed by atoms with E-state index >= 15 is 0 Å². The van der Waals surface area contributed by atoms with E-state index in [9.17, 15) is 18.0 Å². The van der Waals surface area contributed by atoms with Crippen LogP contribution in [-0.4, -0.2) is 23.6 Å². The van der Waals surface area contributed by atoms with Gasteiger partial charge in [0.1, 0.15) is 11.3 Å². The molecule has 1 N–H and O–H groups in total. The number of amides is 1. The van der Waals surface area contributed by atoms with Gasteiger partial charge in [-0.25, -0.2) is 4.79 Å². The summed E-state index contributed by atoms with van der Waals surface area (Å²) in [5.74, 6) is 0. The number of benzene rings is 1. The van der Waals surface area contributed by atoms with E-state index in [1.165, 1.54) is 29.5 Å². The molecular formula is C21H21Cl2F3N2O3S. The molecule has 0 spiro atoms. The van der Waals surface area contributed by atoms with Crippen LogP contribution < -0.4 is 5.32 Å². The second-order valence-electron chi connectivity index (χ2n) is 8.36. The number of nitrogens with one attached hydrogen (secondary N) is 1. The zero-order valence-electron chi connectivity index (χ0n) is 17.7. The van der Waals surface area contributed by atoms with E-state index in [0.717, 1.165) is 10.4 Å². The number of hydrogen-bond donors (Lipinski definition) is 1. The lowest BCUT2D eigenvalue weighted by Gasteiger charge is -2.29. The molecule has 0 radical (unpaired) electrons. The summed E-state index contributed by atoms with van der Waals surface area (Å²) in [4.78, 5) is 18.2. The van der Waals surface area contributed by atoms with Crippen LogP contribution in [0.2, 0.25) is 10.0 Å². The molecule has 0 saturated carbocycles. The number of carbonyl (C=O) groups is 1. The number of alkyl halides is 3. The van der Waals surface area contributed by atoms with E-state index in [4.69, 9.17) is 32.8 Å². The van der Waals surface area contributed by atoms with Gasteiger partial charge in [-0.2, -0.15) is 13.2 Å². The second-order valence-corrected chi connectivity index (χ2v) is 10.4. The number of alkyl carbamates (subject to hydrolysis) is 1. The first-order chi connectivity index (χ1) is 14.7. The number of oxime groups is 1. The third-order valence-electron chi connectivity index (χ3n) is 4.61. The molecule has 174 valence electrons. The van der Waals surface area contributed by atoms with E-state index in [1.54, 1.807) is 33.8 Å². The number of thiophene rings is 1. The number of rotatable bonds is 4. The Hall–Kier alpha value is -1.97. The Morgan fingerprint density at radius 2 is 1.84 bits per heavy atom. The van der Waals surface area contributed by atoms with E-state index < -0.39 is 29.9 Å². The van der Waals surface area contributed by atoms with Gasteiger partial charge in [-0.15, -0.1) is 11.3 Å². The van der Waals surface area contributed by atoms with Crippen molar-refractivity contribution in [1.82, 2.24) is 5.32 Å². The quantitative estimate of drug-likeness (QED) is 0.484. The predicted molar refractivity (Wildman–Crippen MR) is 119 cm³/mol. The number of aryl methyl sites for hydroxylation is 1. The summed E-state index contributed by atoms with van der Waals surface area (Å²) in [6.07, 6.45) is -5.88. The van der Waals surface area contributed by atoms with E-state index in [-0.39, 0.29) is 27.9 Å². The fourth-order valence-corrected chi connectivity index (χ4v) is 4.75. The van der Waals surface area contributed by atoms with E-state index in [0.29, 0.717) is 4.88 Å². The Labute approximate surface area is 197 Å². The van der Waals surface area contributed by atoms with Gasteiger partial charge in [0.25, 0.3) is 5.60 Å². The number of nitrogens with zero attached hydrogens (tertiary/aromatic N) is 1. The monoisotopic (exact) mass is 508 g/mol. The molecule has 1 aliphatic rings. The van der Waals surface area contributed by atoms with Crippen molar-refractivity contribution in [3.05, 3.63) is 55.2 Å². The first kappa shape index (κ1) is 24.7. The minimum Gasteiger partial charge on any atom is -0.444 e. The Morgan fingerprint density at radius 1 is 1.22 bits per heavy atom. The standard InChI is InChI=1S/C21H21Cl2F3N2O3S/c1-11-5-16(32-17(11)10-27-18(29)30-19(2,3)4)15-9-20(31-28-15,21(24,25)26)12-6-13(22)8-14(23)7-12/h5-8H,9-10H2,1-4H3,(H,27,29). The second kappa shape index (κ2) is 8.76. The summed E-state index contributed by atoms with van der Waals surface area (Å²) in [5, 5.41) is 6.55. The van der Waals surface area contributed by atoms with E-state index in [1.807, 2.05) is 0 Å². The third kappa shape index (κ3) is 5.32. The van der Waals surface area contributed by atoms with Crippen LogP contribution in [0.1, 0.15) is 48.1 Å². The molecule has 1 atom stereocenters. The predicted octanol–water partition coefficient (Wildman–Crippen LogP) is 6.97. The SMILES string of the molecule is Cc1cc(C2=NOC(c3cc(Cl)cc(Cl)c3)(C(F)(F)F)C2)sc1CNC(=O)OC(C)(C)C. The maximum absolute atomic E-state index is 14.1. The lowest BCUT2D eigenvalue weighted by Crippen LogP contribution is -2.42. The molecule has 11 heteroatoms. The minimum atomic E-state index is -4.76. The van der Waals surface area contributed by atoms with Crippen molar-refractivity contribution < 1.29 is 27.5 Å². The van der Waals surface area contributed by atoms with Gasteiger partial charge in [0, 0.05) is 20.5 Å². The highest BCUT2D eigenvalue weighted by Gasteiger charge is 2.62. The lowest BCUT2D eigenvalue weighted by atomic mass is 9.88. The smallest absolute Gasteiger partial charge is 0.435 e.